The first-order chi connectivity index (χ1) is 9.47. The standard InChI is InChI=1S/C15H18ClN3O/c1-10-14(15(16)19(2)18-10)9-13(20)7-6-11-4-3-5-12(17)8-11/h3-5,8H,6-7,9,17H2,1-2H3. The topological polar surface area (TPSA) is 60.9 Å². The highest BCUT2D eigenvalue weighted by Crippen LogP contribution is 2.20. The first-order valence-corrected chi connectivity index (χ1v) is 6.89. The van der Waals surface area contributed by atoms with E-state index < -0.39 is 0 Å². The molecule has 0 aliphatic rings. The van der Waals surface area contributed by atoms with E-state index in [1.807, 2.05) is 31.2 Å². The Morgan fingerprint density at radius 3 is 2.80 bits per heavy atom. The third kappa shape index (κ3) is 3.39. The van der Waals surface area contributed by atoms with Gasteiger partial charge in [0.1, 0.15) is 10.9 Å². The van der Waals surface area contributed by atoms with Crippen LogP contribution in [-0.2, 0) is 24.7 Å². The molecule has 0 amide bonds. The van der Waals surface area contributed by atoms with E-state index in [0.717, 1.165) is 22.5 Å². The number of nitrogen functional groups attached to an aromatic ring is 1. The SMILES string of the molecule is Cc1nn(C)c(Cl)c1CC(=O)CCc1cccc(N)c1. The van der Waals surface area contributed by atoms with Crippen LogP contribution in [0.4, 0.5) is 5.69 Å². The summed E-state index contributed by atoms with van der Waals surface area (Å²) in [5.41, 5.74) is 9.16. The summed E-state index contributed by atoms with van der Waals surface area (Å²) in [5.74, 6) is 0.158. The number of aromatic nitrogens is 2. The molecule has 2 N–H and O–H groups in total. The molecule has 0 spiro atoms. The number of carbonyl (C=O) groups is 1. The predicted molar refractivity (Wildman–Crippen MR) is 80.8 cm³/mol. The molecule has 0 unspecified atom stereocenters. The van der Waals surface area contributed by atoms with Gasteiger partial charge in [0.15, 0.2) is 0 Å². The fourth-order valence-electron chi connectivity index (χ4n) is 2.19. The Hall–Kier alpha value is -1.81. The van der Waals surface area contributed by atoms with Crippen LogP contribution in [0.15, 0.2) is 24.3 Å². The number of carbonyl (C=O) groups excluding carboxylic acids is 1. The molecule has 2 rings (SSSR count). The number of halogens is 1. The summed E-state index contributed by atoms with van der Waals surface area (Å²) in [4.78, 5) is 12.1. The summed E-state index contributed by atoms with van der Waals surface area (Å²) in [6.07, 6.45) is 1.51. The second-order valence-electron chi connectivity index (χ2n) is 4.94. The number of rotatable bonds is 5. The number of hydrogen-bond donors (Lipinski definition) is 1. The number of nitrogens with zero attached hydrogens (tertiary/aromatic N) is 2. The number of nitrogens with two attached hydrogens (primary N) is 1. The van der Waals surface area contributed by atoms with Crippen LogP contribution in [0.25, 0.3) is 0 Å². The minimum Gasteiger partial charge on any atom is -0.399 e. The van der Waals surface area contributed by atoms with E-state index in [0.29, 0.717) is 24.4 Å². The first-order valence-electron chi connectivity index (χ1n) is 6.51. The summed E-state index contributed by atoms with van der Waals surface area (Å²) in [5, 5.41) is 4.75. The van der Waals surface area contributed by atoms with Crippen LogP contribution in [0.1, 0.15) is 23.2 Å². The molecule has 1 aromatic carbocycles. The Bertz CT molecular complexity index is 634. The summed E-state index contributed by atoms with van der Waals surface area (Å²) < 4.78 is 1.59. The molecule has 1 aromatic heterocycles. The van der Waals surface area contributed by atoms with Crippen molar-refractivity contribution >= 4 is 23.1 Å². The van der Waals surface area contributed by atoms with Gasteiger partial charge in [0.2, 0.25) is 0 Å². The van der Waals surface area contributed by atoms with E-state index in [9.17, 15) is 4.79 Å². The van der Waals surface area contributed by atoms with Gasteiger partial charge in [0, 0.05) is 31.1 Å². The molecule has 1 heterocycles. The monoisotopic (exact) mass is 291 g/mol. The van der Waals surface area contributed by atoms with Crippen LogP contribution >= 0.6 is 11.6 Å². The highest BCUT2D eigenvalue weighted by Gasteiger charge is 2.14. The van der Waals surface area contributed by atoms with Gasteiger partial charge in [-0.3, -0.25) is 9.48 Å². The molecular weight excluding hydrogens is 274 g/mol. The summed E-state index contributed by atoms with van der Waals surface area (Å²) in [6.45, 7) is 1.87. The number of ketones is 1. The third-order valence-corrected chi connectivity index (χ3v) is 3.76. The van der Waals surface area contributed by atoms with Crippen molar-refractivity contribution in [3.8, 4) is 0 Å². The van der Waals surface area contributed by atoms with Crippen molar-refractivity contribution in [2.24, 2.45) is 7.05 Å². The van der Waals surface area contributed by atoms with Crippen molar-refractivity contribution in [1.29, 1.82) is 0 Å². The van der Waals surface area contributed by atoms with Crippen LogP contribution in [0.2, 0.25) is 5.15 Å². The molecule has 0 saturated heterocycles. The molecule has 0 atom stereocenters. The average molecular weight is 292 g/mol. The predicted octanol–water partition coefficient (Wildman–Crippen LogP) is 2.71. The fourth-order valence-corrected chi connectivity index (χ4v) is 2.43. The fraction of sp³-hybridized carbons (Fsp3) is 0.333. The zero-order chi connectivity index (χ0) is 14.7. The van der Waals surface area contributed by atoms with E-state index in [1.165, 1.54) is 0 Å². The summed E-state index contributed by atoms with van der Waals surface area (Å²) >= 11 is 6.13. The van der Waals surface area contributed by atoms with Crippen LogP contribution in [0, 0.1) is 6.92 Å². The van der Waals surface area contributed by atoms with Gasteiger partial charge in [-0.2, -0.15) is 5.10 Å². The molecule has 0 saturated carbocycles. The largest absolute Gasteiger partial charge is 0.399 e. The Morgan fingerprint density at radius 2 is 2.20 bits per heavy atom. The van der Waals surface area contributed by atoms with Crippen LogP contribution in [-0.4, -0.2) is 15.6 Å². The van der Waals surface area contributed by atoms with Gasteiger partial charge in [-0.05, 0) is 31.0 Å². The van der Waals surface area contributed by atoms with Gasteiger partial charge >= 0.3 is 0 Å². The van der Waals surface area contributed by atoms with Crippen LogP contribution in [0.5, 0.6) is 0 Å². The van der Waals surface area contributed by atoms with E-state index in [4.69, 9.17) is 17.3 Å². The van der Waals surface area contributed by atoms with Crippen molar-refractivity contribution in [1.82, 2.24) is 9.78 Å². The molecule has 4 nitrogen and oxygen atoms in total. The van der Waals surface area contributed by atoms with E-state index in [1.54, 1.807) is 11.7 Å². The van der Waals surface area contributed by atoms with Gasteiger partial charge in [-0.25, -0.2) is 0 Å². The molecule has 0 aliphatic carbocycles. The van der Waals surface area contributed by atoms with Crippen molar-refractivity contribution in [3.63, 3.8) is 0 Å². The Labute approximate surface area is 123 Å². The maximum atomic E-state index is 12.1. The van der Waals surface area contributed by atoms with Gasteiger partial charge in [0.05, 0.1) is 5.69 Å². The van der Waals surface area contributed by atoms with E-state index in [-0.39, 0.29) is 5.78 Å². The lowest BCUT2D eigenvalue weighted by atomic mass is 10.0. The Morgan fingerprint density at radius 1 is 1.45 bits per heavy atom. The third-order valence-electron chi connectivity index (χ3n) is 3.29. The number of benzene rings is 1. The molecule has 0 radical (unpaired) electrons. The molecular formula is C15H18ClN3O. The molecule has 0 fully saturated rings. The highest BCUT2D eigenvalue weighted by atomic mass is 35.5. The quantitative estimate of drug-likeness (QED) is 0.862. The average Bonchev–Trinajstić information content (AvgIpc) is 2.63. The molecule has 5 heteroatoms. The highest BCUT2D eigenvalue weighted by molar-refractivity contribution is 6.30. The maximum absolute atomic E-state index is 12.1. The maximum Gasteiger partial charge on any atom is 0.137 e. The lowest BCUT2D eigenvalue weighted by Crippen LogP contribution is -2.05. The second kappa shape index (κ2) is 6.09. The van der Waals surface area contributed by atoms with E-state index >= 15 is 0 Å². The van der Waals surface area contributed by atoms with Gasteiger partial charge in [0.25, 0.3) is 0 Å². The number of Topliss-reactive ketones (excluding diaryl/α,β-unsaturated/α-hetero) is 1. The minimum absolute atomic E-state index is 0.158. The smallest absolute Gasteiger partial charge is 0.137 e. The van der Waals surface area contributed by atoms with Crippen molar-refractivity contribution in [2.75, 3.05) is 5.73 Å². The lowest BCUT2D eigenvalue weighted by Gasteiger charge is -2.03. The van der Waals surface area contributed by atoms with Crippen molar-refractivity contribution < 1.29 is 4.79 Å². The number of anilines is 1. The molecule has 0 bridgehead atoms. The molecule has 0 aliphatic heterocycles. The summed E-state index contributed by atoms with van der Waals surface area (Å²) in [6, 6.07) is 7.61. The lowest BCUT2D eigenvalue weighted by molar-refractivity contribution is -0.118. The van der Waals surface area contributed by atoms with E-state index in [2.05, 4.69) is 5.10 Å². The van der Waals surface area contributed by atoms with Gasteiger partial charge < -0.3 is 5.73 Å². The first kappa shape index (κ1) is 14.6. The van der Waals surface area contributed by atoms with Crippen molar-refractivity contribution in [2.45, 2.75) is 26.2 Å². The Balaban J connectivity index is 1.96. The minimum atomic E-state index is 0.158. The van der Waals surface area contributed by atoms with Crippen LogP contribution < -0.4 is 5.73 Å². The van der Waals surface area contributed by atoms with Crippen molar-refractivity contribution in [3.05, 3.63) is 46.2 Å². The van der Waals surface area contributed by atoms with Gasteiger partial charge in [-0.1, -0.05) is 23.7 Å². The van der Waals surface area contributed by atoms with Crippen LogP contribution in [0.3, 0.4) is 0 Å². The number of hydrogen-bond acceptors (Lipinski definition) is 3. The zero-order valence-corrected chi connectivity index (χ0v) is 12.4. The zero-order valence-electron chi connectivity index (χ0n) is 11.7. The number of aryl methyl sites for hydroxylation is 3. The summed E-state index contributed by atoms with van der Waals surface area (Å²) in [7, 11) is 1.77. The molecule has 20 heavy (non-hydrogen) atoms. The molecule has 2 aromatic rings. The Kier molecular flexibility index (Phi) is 4.45. The second-order valence-corrected chi connectivity index (χ2v) is 5.30. The normalized spacial score (nSPS) is 10.8. The van der Waals surface area contributed by atoms with Gasteiger partial charge in [-0.15, -0.1) is 0 Å². The molecule has 106 valence electrons.